The maximum absolute atomic E-state index is 9.63. The predicted octanol–water partition coefficient (Wildman–Crippen LogP) is 0.0464. The highest BCUT2D eigenvalue weighted by molar-refractivity contribution is 7.81. The van der Waals surface area contributed by atoms with Gasteiger partial charge in [-0.25, -0.2) is 4.21 Å². The van der Waals surface area contributed by atoms with Gasteiger partial charge in [-0.05, 0) is 6.92 Å². The van der Waals surface area contributed by atoms with Crippen LogP contribution < -0.4 is 0 Å². The van der Waals surface area contributed by atoms with Gasteiger partial charge in [0.15, 0.2) is 11.1 Å². The summed E-state index contributed by atoms with van der Waals surface area (Å²) in [5.41, 5.74) is 0. The highest BCUT2D eigenvalue weighted by Gasteiger charge is 1.80. The molecule has 0 N–H and O–H groups in total. The molecule has 0 saturated heterocycles. The van der Waals surface area contributed by atoms with E-state index in [-0.39, 0.29) is 6.61 Å². The Morgan fingerprint density at radius 3 is 2.33 bits per heavy atom. The third-order valence-electron chi connectivity index (χ3n) is 0.184. The first-order valence-corrected chi connectivity index (χ1v) is 2.40. The molecule has 0 bridgehead atoms. The van der Waals surface area contributed by atoms with Gasteiger partial charge in [-0.1, -0.05) is 0 Å². The smallest absolute Gasteiger partial charge is 0.161 e. The third kappa shape index (κ3) is 4.11. The molecule has 0 heterocycles. The van der Waals surface area contributed by atoms with Crippen LogP contribution in [0.2, 0.25) is 0 Å². The minimum atomic E-state index is -1.69. The molecule has 0 rings (SSSR count). The summed E-state index contributed by atoms with van der Waals surface area (Å²) < 4.78 is 13.7. The van der Waals surface area contributed by atoms with Crippen molar-refractivity contribution in [3.63, 3.8) is 0 Å². The van der Waals surface area contributed by atoms with Crippen molar-refractivity contribution in [3.8, 4) is 0 Å². The van der Waals surface area contributed by atoms with Crippen LogP contribution in [0.5, 0.6) is 0 Å². The lowest BCUT2D eigenvalue weighted by atomic mass is 10.9. The molecule has 3 heteroatoms. The second-order valence-electron chi connectivity index (χ2n) is 0.545. The molecule has 0 amide bonds. The lowest BCUT2D eigenvalue weighted by molar-refractivity contribution is 0.398. The number of hydrogen-bond donors (Lipinski definition) is 0. The van der Waals surface area contributed by atoms with E-state index in [1.807, 2.05) is 0 Å². The Kier molecular flexibility index (Phi) is 3.37. The van der Waals surface area contributed by atoms with Crippen molar-refractivity contribution in [1.29, 1.82) is 0 Å². The molecule has 0 fully saturated rings. The summed E-state index contributed by atoms with van der Waals surface area (Å²) in [6, 6.07) is 0. The average molecular weight is 104 g/mol. The van der Waals surface area contributed by atoms with E-state index in [1.165, 1.54) is 0 Å². The molecular formula is C3H4O2S. The molecule has 1 atom stereocenters. The fourth-order valence-electron chi connectivity index (χ4n) is 0.0671. The fourth-order valence-corrected chi connectivity index (χ4v) is 0.201. The first kappa shape index (κ1) is 6.11. The van der Waals surface area contributed by atoms with Gasteiger partial charge in [0.25, 0.3) is 0 Å². The van der Waals surface area contributed by atoms with E-state index >= 15 is 0 Å². The Balaban J connectivity index is 2.83. The maximum atomic E-state index is 9.63. The van der Waals surface area contributed by atoms with Gasteiger partial charge in [0, 0.05) is 0 Å². The van der Waals surface area contributed by atoms with Crippen LogP contribution in [0.1, 0.15) is 0 Å². The van der Waals surface area contributed by atoms with Crippen LogP contribution in [0.15, 0.2) is 0 Å². The van der Waals surface area contributed by atoms with Gasteiger partial charge in [0.2, 0.25) is 0 Å². The molecule has 0 aliphatic heterocycles. The molecule has 0 aromatic carbocycles. The Morgan fingerprint density at radius 1 is 1.83 bits per heavy atom. The summed E-state index contributed by atoms with van der Waals surface area (Å²) in [6.07, 6.45) is 4.57. The minimum absolute atomic E-state index is 0.0941. The molecule has 2 nitrogen and oxygen atoms in total. The van der Waals surface area contributed by atoms with Gasteiger partial charge in [-0.2, -0.15) is 0 Å². The van der Waals surface area contributed by atoms with Gasteiger partial charge < -0.3 is 0 Å². The molecule has 0 aromatic rings. The van der Waals surface area contributed by atoms with E-state index in [9.17, 15) is 4.21 Å². The van der Waals surface area contributed by atoms with Crippen molar-refractivity contribution >= 4 is 11.1 Å². The van der Waals surface area contributed by atoms with Crippen molar-refractivity contribution in [2.24, 2.45) is 0 Å². The molecule has 0 aromatic heterocycles. The van der Waals surface area contributed by atoms with E-state index < -0.39 is 11.1 Å². The highest BCUT2D eigenvalue weighted by Crippen LogP contribution is 1.76. The van der Waals surface area contributed by atoms with Crippen molar-refractivity contribution in [2.75, 3.05) is 6.61 Å². The molecule has 0 unspecified atom stereocenters. The van der Waals surface area contributed by atoms with Crippen LogP contribution in [0, 0.1) is 13.2 Å². The van der Waals surface area contributed by atoms with Gasteiger partial charge in [-0.15, -0.1) is 0 Å². The normalized spacial score (nSPS) is 14.3. The van der Waals surface area contributed by atoms with Crippen LogP contribution >= 0.6 is 0 Å². The van der Waals surface area contributed by atoms with Crippen LogP contribution in [-0.4, -0.2) is 10.8 Å². The Morgan fingerprint density at radius 2 is 2.33 bits per heavy atom. The minimum Gasteiger partial charge on any atom is -0.290 e. The van der Waals surface area contributed by atoms with Gasteiger partial charge in [-0.3, -0.25) is 4.18 Å². The first-order valence-electron chi connectivity index (χ1n) is 1.27. The predicted molar refractivity (Wildman–Crippen MR) is 22.7 cm³/mol. The summed E-state index contributed by atoms with van der Waals surface area (Å²) in [5, 5.41) is 0. The molecular weight excluding hydrogens is 100 g/mol. The molecule has 0 aliphatic rings. The Bertz CT molecular complexity index is 52.8. The van der Waals surface area contributed by atoms with E-state index in [1.54, 1.807) is 0 Å². The van der Waals surface area contributed by atoms with Gasteiger partial charge in [0.1, 0.15) is 0 Å². The van der Waals surface area contributed by atoms with Crippen LogP contribution in [-0.2, 0) is 15.3 Å². The standard InChI is InChI=1S/C3H4O2S/c1-3-5-6(2)4/h1-2H,3H2/t6-/m0/s1. The maximum Gasteiger partial charge on any atom is 0.161 e. The van der Waals surface area contributed by atoms with E-state index in [2.05, 4.69) is 10.4 Å². The monoisotopic (exact) mass is 104 g/mol. The van der Waals surface area contributed by atoms with Crippen molar-refractivity contribution in [2.45, 2.75) is 0 Å². The highest BCUT2D eigenvalue weighted by atomic mass is 32.2. The molecule has 0 aliphatic carbocycles. The quantitative estimate of drug-likeness (QED) is 0.494. The van der Waals surface area contributed by atoms with Crippen molar-refractivity contribution < 1.29 is 8.39 Å². The largest absolute Gasteiger partial charge is 0.290 e. The summed E-state index contributed by atoms with van der Waals surface area (Å²) in [4.78, 5) is 0. The second kappa shape index (κ2) is 3.31. The van der Waals surface area contributed by atoms with Gasteiger partial charge >= 0.3 is 0 Å². The van der Waals surface area contributed by atoms with Crippen LogP contribution in [0.4, 0.5) is 0 Å². The first-order chi connectivity index (χ1) is 2.77. The van der Waals surface area contributed by atoms with E-state index in [0.29, 0.717) is 0 Å². The zero-order valence-electron chi connectivity index (χ0n) is 3.09. The SMILES string of the molecule is [CH]CO[S@@]([CH])=O. The molecule has 6 heavy (non-hydrogen) atoms. The second-order valence-corrected chi connectivity index (χ2v) is 1.30. The lowest BCUT2D eigenvalue weighted by Crippen LogP contribution is -1.88. The Hall–Kier alpha value is 0.110. The lowest BCUT2D eigenvalue weighted by Gasteiger charge is -1.85. The summed E-state index contributed by atoms with van der Waals surface area (Å²) >= 11 is -1.69. The zero-order chi connectivity index (χ0) is 4.99. The molecule has 34 valence electrons. The van der Waals surface area contributed by atoms with Crippen molar-refractivity contribution in [3.05, 3.63) is 13.2 Å². The summed E-state index contributed by atoms with van der Waals surface area (Å²) in [5.74, 6) is 0. The van der Waals surface area contributed by atoms with E-state index in [4.69, 9.17) is 6.92 Å². The zero-order valence-corrected chi connectivity index (χ0v) is 3.90. The average Bonchev–Trinajstić information content (AvgIpc) is 1.35. The van der Waals surface area contributed by atoms with E-state index in [0.717, 1.165) is 0 Å². The van der Waals surface area contributed by atoms with Crippen LogP contribution in [0.25, 0.3) is 0 Å². The van der Waals surface area contributed by atoms with Crippen LogP contribution in [0.3, 0.4) is 0 Å². The Labute approximate surface area is 40.2 Å². The summed E-state index contributed by atoms with van der Waals surface area (Å²) in [7, 11) is 0. The fraction of sp³-hybridized carbons (Fsp3) is 0.333. The number of rotatable bonds is 2. The molecule has 0 spiro atoms. The van der Waals surface area contributed by atoms with Gasteiger partial charge in [0.05, 0.1) is 12.9 Å². The summed E-state index contributed by atoms with van der Waals surface area (Å²) in [6.45, 7) is 4.64. The topological polar surface area (TPSA) is 26.3 Å². The van der Waals surface area contributed by atoms with Crippen molar-refractivity contribution in [1.82, 2.24) is 0 Å². The molecule has 0 saturated carbocycles. The molecule has 4 radical (unpaired) electrons. The number of hydrogen-bond acceptors (Lipinski definition) is 2. The third-order valence-corrected chi connectivity index (χ3v) is 0.553.